The molecule has 1 aliphatic heterocycles. The van der Waals surface area contributed by atoms with Gasteiger partial charge in [-0.2, -0.15) is 5.26 Å². The number of aryl methyl sites for hydroxylation is 1. The molecule has 0 N–H and O–H groups in total. The van der Waals surface area contributed by atoms with Crippen molar-refractivity contribution in [3.63, 3.8) is 0 Å². The van der Waals surface area contributed by atoms with E-state index in [-0.39, 0.29) is 0 Å². The average molecular weight is 269 g/mol. The van der Waals surface area contributed by atoms with Crippen LogP contribution in [0.3, 0.4) is 0 Å². The summed E-state index contributed by atoms with van der Waals surface area (Å²) in [5, 5.41) is 8.74. The van der Waals surface area contributed by atoms with E-state index in [0.29, 0.717) is 19.6 Å². The maximum Gasteiger partial charge on any atom is 0.161 e. The van der Waals surface area contributed by atoms with E-state index < -0.39 is 0 Å². The Hall–Kier alpha value is -2.48. The SMILES string of the molecule is Cn1cc(CC#N)nc1-c1ccc2c(c1)OCCCO2. The van der Waals surface area contributed by atoms with Crippen molar-refractivity contribution in [3.05, 3.63) is 30.1 Å². The number of hydrogen-bond acceptors (Lipinski definition) is 4. The Balaban J connectivity index is 1.98. The van der Waals surface area contributed by atoms with Crippen molar-refractivity contribution in [2.75, 3.05) is 13.2 Å². The first kappa shape index (κ1) is 12.5. The van der Waals surface area contributed by atoms with E-state index >= 15 is 0 Å². The number of imidazole rings is 1. The summed E-state index contributed by atoms with van der Waals surface area (Å²) in [5.41, 5.74) is 1.73. The normalized spacial score (nSPS) is 13.6. The molecule has 0 fully saturated rings. The van der Waals surface area contributed by atoms with E-state index in [4.69, 9.17) is 14.7 Å². The van der Waals surface area contributed by atoms with Gasteiger partial charge in [-0.15, -0.1) is 0 Å². The minimum absolute atomic E-state index is 0.318. The number of aromatic nitrogens is 2. The van der Waals surface area contributed by atoms with Crippen LogP contribution in [0.25, 0.3) is 11.4 Å². The predicted octanol–water partition coefficient (Wildman–Crippen LogP) is 2.31. The number of benzene rings is 1. The summed E-state index contributed by atoms with van der Waals surface area (Å²) in [6, 6.07) is 7.93. The summed E-state index contributed by atoms with van der Waals surface area (Å²) in [4.78, 5) is 4.49. The molecule has 0 spiro atoms. The van der Waals surface area contributed by atoms with Gasteiger partial charge in [0.15, 0.2) is 11.5 Å². The fraction of sp³-hybridized carbons (Fsp3) is 0.333. The zero-order chi connectivity index (χ0) is 13.9. The van der Waals surface area contributed by atoms with Gasteiger partial charge < -0.3 is 14.0 Å². The highest BCUT2D eigenvalue weighted by atomic mass is 16.5. The summed E-state index contributed by atoms with van der Waals surface area (Å²) in [7, 11) is 1.92. The zero-order valence-electron chi connectivity index (χ0n) is 11.3. The average Bonchev–Trinajstić information content (AvgIpc) is 2.68. The Morgan fingerprint density at radius 2 is 2.10 bits per heavy atom. The molecular weight excluding hydrogens is 254 g/mol. The predicted molar refractivity (Wildman–Crippen MR) is 73.6 cm³/mol. The van der Waals surface area contributed by atoms with Crippen LogP contribution in [0, 0.1) is 11.3 Å². The lowest BCUT2D eigenvalue weighted by molar-refractivity contribution is 0.297. The summed E-state index contributed by atoms with van der Waals surface area (Å²) in [5.74, 6) is 2.36. The Labute approximate surface area is 117 Å². The molecule has 1 aliphatic rings. The van der Waals surface area contributed by atoms with Gasteiger partial charge in [-0.25, -0.2) is 4.98 Å². The van der Waals surface area contributed by atoms with Crippen LogP contribution in [-0.4, -0.2) is 22.8 Å². The van der Waals surface area contributed by atoms with Gasteiger partial charge in [0.05, 0.1) is 31.4 Å². The fourth-order valence-electron chi connectivity index (χ4n) is 2.27. The van der Waals surface area contributed by atoms with Crippen molar-refractivity contribution >= 4 is 0 Å². The van der Waals surface area contributed by atoms with E-state index in [0.717, 1.165) is 35.0 Å². The quantitative estimate of drug-likeness (QED) is 0.839. The van der Waals surface area contributed by atoms with Crippen molar-refractivity contribution in [1.82, 2.24) is 9.55 Å². The number of hydrogen-bond donors (Lipinski definition) is 0. The molecular formula is C15H15N3O2. The molecule has 0 saturated carbocycles. The summed E-state index contributed by atoms with van der Waals surface area (Å²) in [6.45, 7) is 1.35. The second-order valence-electron chi connectivity index (χ2n) is 4.71. The lowest BCUT2D eigenvalue weighted by Gasteiger charge is -2.09. The van der Waals surface area contributed by atoms with Crippen molar-refractivity contribution in [2.24, 2.45) is 7.05 Å². The zero-order valence-corrected chi connectivity index (χ0v) is 11.3. The highest BCUT2D eigenvalue weighted by molar-refractivity contribution is 5.62. The molecule has 1 aromatic carbocycles. The first-order chi connectivity index (χ1) is 9.78. The standard InChI is InChI=1S/C15H15N3O2/c1-18-10-12(5-6-16)17-15(18)11-3-4-13-14(9-11)20-8-2-7-19-13/h3-4,9-10H,2,5,7-8H2,1H3. The van der Waals surface area contributed by atoms with Crippen LogP contribution in [0.1, 0.15) is 12.1 Å². The number of rotatable bonds is 2. The Bertz CT molecular complexity index is 670. The molecule has 1 aromatic heterocycles. The van der Waals surface area contributed by atoms with Crippen molar-refractivity contribution in [1.29, 1.82) is 5.26 Å². The molecule has 2 aromatic rings. The van der Waals surface area contributed by atoms with E-state index in [1.807, 2.05) is 36.0 Å². The van der Waals surface area contributed by atoms with Crippen LogP contribution < -0.4 is 9.47 Å². The van der Waals surface area contributed by atoms with Gasteiger partial charge in [0.2, 0.25) is 0 Å². The maximum absolute atomic E-state index is 8.74. The van der Waals surface area contributed by atoms with E-state index in [9.17, 15) is 0 Å². The largest absolute Gasteiger partial charge is 0.490 e. The van der Waals surface area contributed by atoms with Gasteiger partial charge in [0.1, 0.15) is 5.82 Å². The van der Waals surface area contributed by atoms with Crippen molar-refractivity contribution < 1.29 is 9.47 Å². The van der Waals surface area contributed by atoms with Crippen LogP contribution >= 0.6 is 0 Å². The Kier molecular flexibility index (Phi) is 3.30. The number of nitriles is 1. The van der Waals surface area contributed by atoms with Gasteiger partial charge in [0.25, 0.3) is 0 Å². The van der Waals surface area contributed by atoms with E-state index in [1.54, 1.807) is 0 Å². The van der Waals surface area contributed by atoms with E-state index in [1.165, 1.54) is 0 Å². The summed E-state index contributed by atoms with van der Waals surface area (Å²) < 4.78 is 13.2. The second-order valence-corrected chi connectivity index (χ2v) is 4.71. The Morgan fingerprint density at radius 3 is 2.90 bits per heavy atom. The smallest absolute Gasteiger partial charge is 0.161 e. The molecule has 5 heteroatoms. The topological polar surface area (TPSA) is 60.1 Å². The van der Waals surface area contributed by atoms with Crippen molar-refractivity contribution in [3.8, 4) is 29.0 Å². The van der Waals surface area contributed by atoms with Gasteiger partial charge in [-0.1, -0.05) is 0 Å². The minimum atomic E-state index is 0.318. The van der Waals surface area contributed by atoms with Crippen LogP contribution in [0.2, 0.25) is 0 Å². The van der Waals surface area contributed by atoms with Crippen LogP contribution in [0.5, 0.6) is 11.5 Å². The van der Waals surface area contributed by atoms with Gasteiger partial charge in [-0.05, 0) is 18.2 Å². The fourth-order valence-corrected chi connectivity index (χ4v) is 2.27. The summed E-state index contributed by atoms with van der Waals surface area (Å²) >= 11 is 0. The number of nitrogens with zero attached hydrogens (tertiary/aromatic N) is 3. The molecule has 102 valence electrons. The monoisotopic (exact) mass is 269 g/mol. The summed E-state index contributed by atoms with van der Waals surface area (Å²) in [6.07, 6.45) is 3.08. The molecule has 20 heavy (non-hydrogen) atoms. The molecule has 5 nitrogen and oxygen atoms in total. The van der Waals surface area contributed by atoms with E-state index in [2.05, 4.69) is 11.1 Å². The second kappa shape index (κ2) is 5.25. The highest BCUT2D eigenvalue weighted by Crippen LogP contribution is 2.33. The molecule has 0 atom stereocenters. The molecule has 0 radical (unpaired) electrons. The molecule has 0 amide bonds. The third-order valence-electron chi connectivity index (χ3n) is 3.19. The third kappa shape index (κ3) is 2.32. The van der Waals surface area contributed by atoms with Gasteiger partial charge >= 0.3 is 0 Å². The number of ether oxygens (including phenoxy) is 2. The lowest BCUT2D eigenvalue weighted by Crippen LogP contribution is -1.97. The van der Waals surface area contributed by atoms with Crippen molar-refractivity contribution in [2.45, 2.75) is 12.8 Å². The lowest BCUT2D eigenvalue weighted by atomic mass is 10.2. The molecule has 2 heterocycles. The minimum Gasteiger partial charge on any atom is -0.490 e. The Morgan fingerprint density at radius 1 is 1.30 bits per heavy atom. The van der Waals surface area contributed by atoms with Gasteiger partial charge in [-0.3, -0.25) is 0 Å². The molecule has 0 aliphatic carbocycles. The van der Waals surface area contributed by atoms with Crippen LogP contribution in [-0.2, 0) is 13.5 Å². The first-order valence-corrected chi connectivity index (χ1v) is 6.57. The maximum atomic E-state index is 8.74. The number of fused-ring (bicyclic) bond motifs is 1. The van der Waals surface area contributed by atoms with Gasteiger partial charge in [0, 0.05) is 25.2 Å². The van der Waals surface area contributed by atoms with Crippen LogP contribution in [0.4, 0.5) is 0 Å². The first-order valence-electron chi connectivity index (χ1n) is 6.57. The highest BCUT2D eigenvalue weighted by Gasteiger charge is 2.14. The molecule has 0 bridgehead atoms. The molecule has 0 saturated heterocycles. The third-order valence-corrected chi connectivity index (χ3v) is 3.19. The van der Waals surface area contributed by atoms with Crippen LogP contribution in [0.15, 0.2) is 24.4 Å². The molecule has 3 rings (SSSR count). The molecule has 0 unspecified atom stereocenters.